The maximum atomic E-state index is 12.5. The average molecular weight is 448 g/mol. The summed E-state index contributed by atoms with van der Waals surface area (Å²) in [5, 5.41) is 15.2. The van der Waals surface area contributed by atoms with Gasteiger partial charge in [0.25, 0.3) is 11.5 Å². The number of rotatable bonds is 7. The molecule has 0 aromatic carbocycles. The molecule has 0 spiro atoms. The molecular weight excluding hydrogens is 418 g/mol. The van der Waals surface area contributed by atoms with Gasteiger partial charge in [-0.15, -0.1) is 5.10 Å². The molecule has 1 saturated carbocycles. The summed E-state index contributed by atoms with van der Waals surface area (Å²) in [7, 11) is 0. The van der Waals surface area contributed by atoms with E-state index in [2.05, 4.69) is 30.7 Å². The summed E-state index contributed by atoms with van der Waals surface area (Å²) in [5.41, 5.74) is 0.879. The summed E-state index contributed by atoms with van der Waals surface area (Å²) in [4.78, 5) is 31.3. The molecule has 3 aromatic rings. The molecule has 1 saturated heterocycles. The predicted octanol–water partition coefficient (Wildman–Crippen LogP) is 1.77. The van der Waals surface area contributed by atoms with Gasteiger partial charge in [0.15, 0.2) is 5.82 Å². The fourth-order valence-electron chi connectivity index (χ4n) is 4.43. The van der Waals surface area contributed by atoms with Crippen molar-refractivity contribution in [3.63, 3.8) is 0 Å². The number of hydrogen-bond donors (Lipinski definition) is 2. The van der Waals surface area contributed by atoms with E-state index in [0.717, 1.165) is 37.8 Å². The number of piperidine rings is 1. The second-order valence-electron chi connectivity index (χ2n) is 8.96. The van der Waals surface area contributed by atoms with Crippen LogP contribution in [0.25, 0.3) is 5.65 Å². The zero-order chi connectivity index (χ0) is 22.6. The zero-order valence-electron chi connectivity index (χ0n) is 18.6. The number of fused-ring (bicyclic) bond motifs is 1. The van der Waals surface area contributed by atoms with E-state index < -0.39 is 5.91 Å². The minimum absolute atomic E-state index is 0.0875. The van der Waals surface area contributed by atoms with Crippen LogP contribution in [0.5, 0.6) is 0 Å². The van der Waals surface area contributed by atoms with Crippen LogP contribution in [0.2, 0.25) is 0 Å². The first-order valence-electron chi connectivity index (χ1n) is 11.7. The van der Waals surface area contributed by atoms with Gasteiger partial charge in [0, 0.05) is 31.4 Å². The van der Waals surface area contributed by atoms with E-state index in [9.17, 15) is 9.59 Å². The van der Waals surface area contributed by atoms with Crippen LogP contribution in [0.1, 0.15) is 48.3 Å². The number of hydrogen-bond acceptors (Lipinski definition) is 7. The van der Waals surface area contributed by atoms with E-state index in [-0.39, 0.29) is 17.8 Å². The molecule has 33 heavy (non-hydrogen) atoms. The van der Waals surface area contributed by atoms with E-state index in [1.165, 1.54) is 36.2 Å². The molecule has 1 atom stereocenters. The third-order valence-corrected chi connectivity index (χ3v) is 6.60. The highest BCUT2D eigenvalue weighted by molar-refractivity contribution is 5.92. The van der Waals surface area contributed by atoms with E-state index in [0.29, 0.717) is 17.4 Å². The Kier molecular flexibility index (Phi) is 6.30. The molecule has 2 aliphatic rings. The number of carbonyl (C=O) groups is 1. The lowest BCUT2D eigenvalue weighted by Crippen LogP contribution is -2.47. The molecule has 2 N–H and O–H groups in total. The summed E-state index contributed by atoms with van der Waals surface area (Å²) in [6.45, 7) is 3.27. The molecule has 2 fully saturated rings. The first kappa shape index (κ1) is 21.5. The standard InChI is InChI=1S/C24H29N7O2/c32-23-13-20(27-21-8-1-2-12-31(21)23)24(33)26-15-18-9-10-22(29-28-18)30-11-4-7-19(16-30)25-14-17-5-3-6-17/h1-2,8-10,12-13,17,19,25H,3-7,11,14-16H2,(H,26,33)/t19-/m1/s1. The van der Waals surface area contributed by atoms with Gasteiger partial charge in [0.1, 0.15) is 11.3 Å². The van der Waals surface area contributed by atoms with Crippen molar-refractivity contribution in [1.29, 1.82) is 0 Å². The number of amides is 1. The highest BCUT2D eigenvalue weighted by Crippen LogP contribution is 2.26. The van der Waals surface area contributed by atoms with Gasteiger partial charge in [-0.2, -0.15) is 5.10 Å². The van der Waals surface area contributed by atoms with Gasteiger partial charge >= 0.3 is 0 Å². The van der Waals surface area contributed by atoms with E-state index >= 15 is 0 Å². The van der Waals surface area contributed by atoms with E-state index in [1.807, 2.05) is 12.1 Å². The van der Waals surface area contributed by atoms with Crippen LogP contribution < -0.4 is 21.1 Å². The summed E-state index contributed by atoms with van der Waals surface area (Å²) in [6.07, 6.45) is 8.07. The lowest BCUT2D eigenvalue weighted by molar-refractivity contribution is 0.0945. The highest BCUT2D eigenvalue weighted by Gasteiger charge is 2.23. The normalized spacial score (nSPS) is 18.8. The van der Waals surface area contributed by atoms with Crippen molar-refractivity contribution >= 4 is 17.4 Å². The highest BCUT2D eigenvalue weighted by atomic mass is 16.2. The van der Waals surface area contributed by atoms with Crippen molar-refractivity contribution in [2.75, 3.05) is 24.5 Å². The third-order valence-electron chi connectivity index (χ3n) is 6.60. The Morgan fingerprint density at radius 1 is 1.09 bits per heavy atom. The van der Waals surface area contributed by atoms with Crippen molar-refractivity contribution in [3.8, 4) is 0 Å². The minimum Gasteiger partial charge on any atom is -0.354 e. The lowest BCUT2D eigenvalue weighted by atomic mass is 9.85. The molecule has 4 heterocycles. The van der Waals surface area contributed by atoms with Crippen LogP contribution in [0.15, 0.2) is 47.4 Å². The molecule has 172 valence electrons. The van der Waals surface area contributed by atoms with Gasteiger partial charge in [-0.3, -0.25) is 14.0 Å². The number of pyridine rings is 1. The zero-order valence-corrected chi connectivity index (χ0v) is 18.6. The molecule has 1 aliphatic heterocycles. The Bertz CT molecular complexity index is 1170. The van der Waals surface area contributed by atoms with Gasteiger partial charge in [-0.05, 0) is 62.4 Å². The number of aromatic nitrogens is 4. The number of carbonyl (C=O) groups excluding carboxylic acids is 1. The summed E-state index contributed by atoms with van der Waals surface area (Å²) >= 11 is 0. The SMILES string of the molecule is O=C(NCc1ccc(N2CCC[C@@H](NCC3CCC3)C2)nn1)c1cc(=O)n2ccccc2n1. The van der Waals surface area contributed by atoms with Gasteiger partial charge in [0.05, 0.1) is 12.2 Å². The van der Waals surface area contributed by atoms with Crippen molar-refractivity contribution in [1.82, 2.24) is 30.2 Å². The van der Waals surface area contributed by atoms with Crippen LogP contribution >= 0.6 is 0 Å². The molecule has 0 bridgehead atoms. The quantitative estimate of drug-likeness (QED) is 0.569. The Balaban J connectivity index is 1.16. The van der Waals surface area contributed by atoms with Crippen LogP contribution in [0, 0.1) is 5.92 Å². The van der Waals surface area contributed by atoms with Crippen LogP contribution in [-0.4, -0.2) is 51.2 Å². The van der Waals surface area contributed by atoms with Gasteiger partial charge in [-0.1, -0.05) is 12.5 Å². The Hall–Kier alpha value is -3.33. The molecule has 1 aliphatic carbocycles. The van der Waals surface area contributed by atoms with Crippen molar-refractivity contribution in [2.45, 2.75) is 44.7 Å². The van der Waals surface area contributed by atoms with E-state index in [4.69, 9.17) is 0 Å². The fourth-order valence-corrected chi connectivity index (χ4v) is 4.43. The summed E-state index contributed by atoms with van der Waals surface area (Å²) in [5.74, 6) is 1.31. The maximum Gasteiger partial charge on any atom is 0.270 e. The van der Waals surface area contributed by atoms with Gasteiger partial charge in [-0.25, -0.2) is 4.98 Å². The molecule has 5 rings (SSSR count). The number of nitrogens with zero attached hydrogens (tertiary/aromatic N) is 5. The number of nitrogens with one attached hydrogen (secondary N) is 2. The van der Waals surface area contributed by atoms with Crippen LogP contribution in [0.3, 0.4) is 0 Å². The molecule has 9 heteroatoms. The maximum absolute atomic E-state index is 12.5. The lowest BCUT2D eigenvalue weighted by Gasteiger charge is -2.35. The summed E-state index contributed by atoms with van der Waals surface area (Å²) < 4.78 is 1.40. The van der Waals surface area contributed by atoms with Crippen molar-refractivity contribution in [3.05, 3.63) is 64.3 Å². The fraction of sp³-hybridized carbons (Fsp3) is 0.458. The molecule has 0 radical (unpaired) electrons. The summed E-state index contributed by atoms with van der Waals surface area (Å²) in [6, 6.07) is 10.8. The topological polar surface area (TPSA) is 105 Å². The molecule has 0 unspecified atom stereocenters. The molecule has 3 aromatic heterocycles. The van der Waals surface area contributed by atoms with Gasteiger partial charge in [0.2, 0.25) is 0 Å². The smallest absolute Gasteiger partial charge is 0.270 e. The van der Waals surface area contributed by atoms with Gasteiger partial charge < -0.3 is 15.5 Å². The molecular formula is C24H29N7O2. The van der Waals surface area contributed by atoms with E-state index in [1.54, 1.807) is 24.4 Å². The first-order valence-corrected chi connectivity index (χ1v) is 11.7. The largest absolute Gasteiger partial charge is 0.354 e. The Morgan fingerprint density at radius 2 is 2.00 bits per heavy atom. The second kappa shape index (κ2) is 9.66. The minimum atomic E-state index is -0.416. The van der Waals surface area contributed by atoms with Crippen LogP contribution in [-0.2, 0) is 6.54 Å². The average Bonchev–Trinajstić information content (AvgIpc) is 2.82. The Labute approximate surface area is 192 Å². The first-order chi connectivity index (χ1) is 16.2. The van der Waals surface area contributed by atoms with Crippen molar-refractivity contribution in [2.24, 2.45) is 5.92 Å². The van der Waals surface area contributed by atoms with Crippen molar-refractivity contribution < 1.29 is 4.79 Å². The third kappa shape index (κ3) is 5.03. The Morgan fingerprint density at radius 3 is 2.79 bits per heavy atom. The monoisotopic (exact) mass is 447 g/mol. The van der Waals surface area contributed by atoms with Crippen LogP contribution in [0.4, 0.5) is 5.82 Å². The molecule has 1 amide bonds. The second-order valence-corrected chi connectivity index (χ2v) is 8.96. The number of anilines is 1. The predicted molar refractivity (Wildman–Crippen MR) is 125 cm³/mol. The molecule has 9 nitrogen and oxygen atoms in total.